The number of imide groups is 1. The van der Waals surface area contributed by atoms with Crippen molar-refractivity contribution in [3.8, 4) is 0 Å². The molecule has 3 heterocycles. The number of carbonyl (C=O) groups excluding carboxylic acids is 3. The topological polar surface area (TPSA) is 71.4 Å². The lowest BCUT2D eigenvalue weighted by molar-refractivity contribution is -0.131. The maximum Gasteiger partial charge on any atom is 0.325 e. The van der Waals surface area contributed by atoms with Gasteiger partial charge >= 0.3 is 6.03 Å². The third-order valence-corrected chi connectivity index (χ3v) is 6.69. The van der Waals surface area contributed by atoms with Gasteiger partial charge in [-0.3, -0.25) is 14.5 Å². The zero-order chi connectivity index (χ0) is 18.6. The summed E-state index contributed by atoms with van der Waals surface area (Å²) in [5.41, 5.74) is 2.27. The molecule has 0 radical (unpaired) electrons. The molecule has 1 saturated heterocycles. The lowest BCUT2D eigenvalue weighted by Crippen LogP contribution is -2.46. The number of nitrogens with one attached hydrogen (secondary N) is 1. The number of urea groups is 1. The fraction of sp³-hybridized carbons (Fsp3) is 0.421. The summed E-state index contributed by atoms with van der Waals surface area (Å²) in [4.78, 5) is 40.7. The summed E-state index contributed by atoms with van der Waals surface area (Å²) in [6.45, 7) is 3.56. The predicted molar refractivity (Wildman–Crippen MR) is 98.4 cm³/mol. The zero-order valence-corrected chi connectivity index (χ0v) is 15.9. The molecule has 3 amide bonds. The zero-order valence-electron chi connectivity index (χ0n) is 15.1. The Bertz CT molecular complexity index is 942. The minimum atomic E-state index is -0.993. The first-order chi connectivity index (χ1) is 12.3. The van der Waals surface area contributed by atoms with Gasteiger partial charge in [0.05, 0.1) is 6.54 Å². The fourth-order valence-electron chi connectivity index (χ4n) is 4.05. The lowest BCUT2D eigenvalue weighted by atomic mass is 9.80. The van der Waals surface area contributed by atoms with Crippen LogP contribution in [0.3, 0.4) is 0 Å². The van der Waals surface area contributed by atoms with Gasteiger partial charge in [0.2, 0.25) is 0 Å². The molecule has 2 aliphatic rings. The summed E-state index contributed by atoms with van der Waals surface area (Å²) in [6, 6.07) is 3.25. The summed E-state index contributed by atoms with van der Waals surface area (Å²) in [7, 11) is 1.89. The fourth-order valence-corrected chi connectivity index (χ4v) is 5.05. The molecule has 1 atom stereocenters. The number of aryl methyl sites for hydroxylation is 2. The summed E-state index contributed by atoms with van der Waals surface area (Å²) >= 11 is 1.62. The van der Waals surface area contributed by atoms with Gasteiger partial charge in [-0.1, -0.05) is 0 Å². The van der Waals surface area contributed by atoms with E-state index in [4.69, 9.17) is 0 Å². The van der Waals surface area contributed by atoms with Crippen LogP contribution >= 0.6 is 11.3 Å². The van der Waals surface area contributed by atoms with Crippen LogP contribution in [0.4, 0.5) is 4.79 Å². The second kappa shape index (κ2) is 5.81. The molecule has 136 valence electrons. The van der Waals surface area contributed by atoms with Crippen molar-refractivity contribution in [3.63, 3.8) is 0 Å². The summed E-state index contributed by atoms with van der Waals surface area (Å²) in [5.74, 6) is -0.520. The summed E-state index contributed by atoms with van der Waals surface area (Å²) in [6.07, 6.45) is 2.35. The molecule has 1 fully saturated rings. The molecule has 1 spiro atoms. The number of aromatic nitrogens is 1. The highest BCUT2D eigenvalue weighted by molar-refractivity contribution is 7.10. The van der Waals surface area contributed by atoms with Crippen LogP contribution in [0, 0.1) is 13.8 Å². The van der Waals surface area contributed by atoms with E-state index < -0.39 is 11.6 Å². The van der Waals surface area contributed by atoms with Crippen molar-refractivity contribution in [2.24, 2.45) is 7.05 Å². The molecule has 0 bridgehead atoms. The number of fused-ring (bicyclic) bond motifs is 2. The molecular formula is C19H21N3O3S. The Balaban J connectivity index is 1.63. The number of carbonyl (C=O) groups is 3. The van der Waals surface area contributed by atoms with Crippen LogP contribution in [0.15, 0.2) is 17.5 Å². The van der Waals surface area contributed by atoms with Gasteiger partial charge in [-0.05, 0) is 50.6 Å². The van der Waals surface area contributed by atoms with Crippen LogP contribution in [0.1, 0.15) is 45.0 Å². The molecule has 2 aromatic heterocycles. The van der Waals surface area contributed by atoms with Gasteiger partial charge in [0, 0.05) is 34.4 Å². The van der Waals surface area contributed by atoms with E-state index in [-0.39, 0.29) is 18.2 Å². The molecule has 7 heteroatoms. The molecule has 6 nitrogen and oxygen atoms in total. The standard InChI is InChI=1S/C19H21N3O3S/c1-11-9-13(12(2)21(11)3)15(23)10-22-17(24)19(20-18(22)25)7-4-5-16-14(19)6-8-26-16/h6,8-9H,4-5,7,10H2,1-3H3,(H,20,25)/t19-/m0/s1. The highest BCUT2D eigenvalue weighted by Crippen LogP contribution is 2.42. The van der Waals surface area contributed by atoms with Gasteiger partial charge in [-0.15, -0.1) is 11.3 Å². The smallest absolute Gasteiger partial charge is 0.325 e. The number of ketones is 1. The van der Waals surface area contributed by atoms with Gasteiger partial charge in [0.1, 0.15) is 5.54 Å². The Morgan fingerprint density at radius 3 is 2.81 bits per heavy atom. The molecule has 0 saturated carbocycles. The molecule has 1 N–H and O–H groups in total. The van der Waals surface area contributed by atoms with Crippen molar-refractivity contribution >= 4 is 29.1 Å². The molecule has 0 aromatic carbocycles. The SMILES string of the molecule is Cc1cc(C(=O)CN2C(=O)N[C@]3(CCCc4sccc43)C2=O)c(C)n1C. The third kappa shape index (κ3) is 2.26. The van der Waals surface area contributed by atoms with Gasteiger partial charge in [0.25, 0.3) is 5.91 Å². The molecule has 1 aliphatic carbocycles. The number of rotatable bonds is 3. The number of Topliss-reactive ketones (excluding diaryl/α,β-unsaturated/α-hetero) is 1. The maximum absolute atomic E-state index is 13.2. The minimum absolute atomic E-state index is 0.215. The number of hydrogen-bond acceptors (Lipinski definition) is 4. The first-order valence-corrected chi connectivity index (χ1v) is 9.60. The quantitative estimate of drug-likeness (QED) is 0.666. The number of nitrogens with zero attached hydrogens (tertiary/aromatic N) is 2. The van der Waals surface area contributed by atoms with Crippen LogP contribution in [0.25, 0.3) is 0 Å². The monoisotopic (exact) mass is 371 g/mol. The van der Waals surface area contributed by atoms with Crippen molar-refractivity contribution in [3.05, 3.63) is 44.9 Å². The van der Waals surface area contributed by atoms with Crippen molar-refractivity contribution in [1.29, 1.82) is 0 Å². The first kappa shape index (κ1) is 17.0. The molecule has 26 heavy (non-hydrogen) atoms. The Labute approximate surface area is 155 Å². The van der Waals surface area contributed by atoms with Crippen molar-refractivity contribution in [1.82, 2.24) is 14.8 Å². The number of hydrogen-bond donors (Lipinski definition) is 1. The van der Waals surface area contributed by atoms with Crippen molar-refractivity contribution < 1.29 is 14.4 Å². The van der Waals surface area contributed by atoms with Gasteiger partial charge in [-0.25, -0.2) is 4.79 Å². The summed E-state index contributed by atoms with van der Waals surface area (Å²) < 4.78 is 1.93. The second-order valence-corrected chi connectivity index (χ2v) is 8.11. The van der Waals surface area contributed by atoms with Crippen molar-refractivity contribution in [2.75, 3.05) is 6.54 Å². The van der Waals surface area contributed by atoms with E-state index in [1.165, 1.54) is 0 Å². The van der Waals surface area contributed by atoms with E-state index >= 15 is 0 Å². The van der Waals surface area contributed by atoms with Crippen LogP contribution in [-0.2, 0) is 23.8 Å². The molecule has 0 unspecified atom stereocenters. The lowest BCUT2D eigenvalue weighted by Gasteiger charge is -2.31. The highest BCUT2D eigenvalue weighted by atomic mass is 32.1. The average molecular weight is 371 g/mol. The van der Waals surface area contributed by atoms with E-state index in [9.17, 15) is 14.4 Å². The number of amides is 3. The Morgan fingerprint density at radius 2 is 2.12 bits per heavy atom. The van der Waals surface area contributed by atoms with Crippen LogP contribution in [-0.4, -0.2) is 33.7 Å². The van der Waals surface area contributed by atoms with E-state index in [1.807, 2.05) is 43.0 Å². The number of thiophene rings is 1. The Kier molecular flexibility index (Phi) is 3.80. The molecule has 4 rings (SSSR count). The highest BCUT2D eigenvalue weighted by Gasteiger charge is 2.54. The molecule has 2 aromatic rings. The van der Waals surface area contributed by atoms with E-state index in [1.54, 1.807) is 11.3 Å². The van der Waals surface area contributed by atoms with Crippen LogP contribution < -0.4 is 5.32 Å². The van der Waals surface area contributed by atoms with Gasteiger partial charge in [0.15, 0.2) is 5.78 Å². The minimum Gasteiger partial charge on any atom is -0.351 e. The van der Waals surface area contributed by atoms with E-state index in [2.05, 4.69) is 5.32 Å². The van der Waals surface area contributed by atoms with E-state index in [0.29, 0.717) is 12.0 Å². The normalized spacial score (nSPS) is 22.0. The Hall–Kier alpha value is -2.41. The van der Waals surface area contributed by atoms with Gasteiger partial charge in [-0.2, -0.15) is 0 Å². The predicted octanol–water partition coefficient (Wildman–Crippen LogP) is 2.67. The first-order valence-electron chi connectivity index (χ1n) is 8.72. The van der Waals surface area contributed by atoms with Gasteiger partial charge < -0.3 is 9.88 Å². The third-order valence-electron chi connectivity index (χ3n) is 5.71. The van der Waals surface area contributed by atoms with E-state index in [0.717, 1.165) is 39.6 Å². The average Bonchev–Trinajstić information content (AvgIpc) is 3.25. The summed E-state index contributed by atoms with van der Waals surface area (Å²) in [5, 5.41) is 4.85. The van der Waals surface area contributed by atoms with Crippen LogP contribution in [0.2, 0.25) is 0 Å². The largest absolute Gasteiger partial charge is 0.351 e. The molecular weight excluding hydrogens is 350 g/mol. The molecule has 1 aliphatic heterocycles. The second-order valence-electron chi connectivity index (χ2n) is 7.10. The van der Waals surface area contributed by atoms with Crippen molar-refractivity contribution in [2.45, 2.75) is 38.6 Å². The Morgan fingerprint density at radius 1 is 1.35 bits per heavy atom. The maximum atomic E-state index is 13.2. The van der Waals surface area contributed by atoms with Crippen LogP contribution in [0.5, 0.6) is 0 Å².